The molecule has 1 amide bonds. The van der Waals surface area contributed by atoms with E-state index in [1.807, 2.05) is 6.07 Å². The number of rotatable bonds is 4. The van der Waals surface area contributed by atoms with Crippen LogP contribution in [0.25, 0.3) is 5.65 Å². The van der Waals surface area contributed by atoms with Crippen molar-refractivity contribution in [3.05, 3.63) is 59.0 Å². The van der Waals surface area contributed by atoms with Crippen molar-refractivity contribution in [3.63, 3.8) is 0 Å². The van der Waals surface area contributed by atoms with Crippen LogP contribution in [0.1, 0.15) is 16.1 Å². The largest absolute Gasteiger partial charge is 0.496 e. The van der Waals surface area contributed by atoms with Crippen LogP contribution in [0.4, 0.5) is 5.69 Å². The van der Waals surface area contributed by atoms with E-state index in [1.165, 1.54) is 7.11 Å². The van der Waals surface area contributed by atoms with Gasteiger partial charge in [-0.2, -0.15) is 0 Å². The molecule has 6 nitrogen and oxygen atoms in total. The summed E-state index contributed by atoms with van der Waals surface area (Å²) in [6.45, 7) is -0.191. The van der Waals surface area contributed by atoms with Crippen LogP contribution in [0.15, 0.2) is 42.6 Å². The molecule has 23 heavy (non-hydrogen) atoms. The molecule has 7 heteroatoms. The number of nitrogens with zero attached hydrogens (tertiary/aromatic N) is 2. The maximum atomic E-state index is 12.5. The number of anilines is 1. The van der Waals surface area contributed by atoms with Crippen molar-refractivity contribution in [1.82, 2.24) is 9.38 Å². The minimum Gasteiger partial charge on any atom is -0.496 e. The van der Waals surface area contributed by atoms with Crippen molar-refractivity contribution in [3.8, 4) is 5.75 Å². The van der Waals surface area contributed by atoms with E-state index in [2.05, 4.69) is 10.3 Å². The zero-order valence-corrected chi connectivity index (χ0v) is 13.0. The number of benzene rings is 1. The number of methoxy groups -OCH3 is 1. The Morgan fingerprint density at radius 2 is 2.22 bits per heavy atom. The summed E-state index contributed by atoms with van der Waals surface area (Å²) >= 11 is 6.08. The second-order valence-corrected chi connectivity index (χ2v) is 5.18. The summed E-state index contributed by atoms with van der Waals surface area (Å²) in [4.78, 5) is 16.7. The van der Waals surface area contributed by atoms with E-state index in [4.69, 9.17) is 16.3 Å². The molecule has 0 atom stereocenters. The molecule has 2 heterocycles. The average molecular weight is 332 g/mol. The highest BCUT2D eigenvalue weighted by molar-refractivity contribution is 6.33. The molecule has 3 aromatic rings. The van der Waals surface area contributed by atoms with Gasteiger partial charge in [-0.25, -0.2) is 4.98 Å². The highest BCUT2D eigenvalue weighted by atomic mass is 35.5. The standard InChI is InChI=1S/C16H14ClN3O3/c1-23-12-6-5-11(8-10(12)9-21)18-16(22)14-15(17)19-13-4-2-3-7-20(13)14/h2-8,21H,9H2,1H3,(H,18,22). The third-order valence-electron chi connectivity index (χ3n) is 3.41. The molecule has 2 aromatic heterocycles. The number of pyridine rings is 1. The van der Waals surface area contributed by atoms with Gasteiger partial charge in [-0.3, -0.25) is 9.20 Å². The third kappa shape index (κ3) is 2.86. The molecule has 0 fully saturated rings. The van der Waals surface area contributed by atoms with Gasteiger partial charge in [-0.1, -0.05) is 17.7 Å². The summed E-state index contributed by atoms with van der Waals surface area (Å²) in [7, 11) is 1.52. The summed E-state index contributed by atoms with van der Waals surface area (Å²) < 4.78 is 6.76. The molecule has 0 saturated carbocycles. The summed E-state index contributed by atoms with van der Waals surface area (Å²) in [5.41, 5.74) is 1.95. The van der Waals surface area contributed by atoms with Crippen molar-refractivity contribution in [1.29, 1.82) is 0 Å². The second-order valence-electron chi connectivity index (χ2n) is 4.82. The van der Waals surface area contributed by atoms with Crippen molar-refractivity contribution in [2.45, 2.75) is 6.61 Å². The minimum atomic E-state index is -0.386. The fourth-order valence-corrected chi connectivity index (χ4v) is 2.60. The van der Waals surface area contributed by atoms with Gasteiger partial charge in [0.25, 0.3) is 5.91 Å². The van der Waals surface area contributed by atoms with Crippen LogP contribution in [-0.4, -0.2) is 27.5 Å². The first-order valence-electron chi connectivity index (χ1n) is 6.85. The Kier molecular flexibility index (Phi) is 4.18. The van der Waals surface area contributed by atoms with Gasteiger partial charge in [0.15, 0.2) is 10.8 Å². The fourth-order valence-electron chi connectivity index (χ4n) is 2.34. The van der Waals surface area contributed by atoms with Gasteiger partial charge in [-0.15, -0.1) is 0 Å². The van der Waals surface area contributed by atoms with Crippen LogP contribution in [-0.2, 0) is 6.61 Å². The number of halogens is 1. The molecule has 0 saturated heterocycles. The zero-order chi connectivity index (χ0) is 16.4. The number of carbonyl (C=O) groups excluding carboxylic acids is 1. The maximum absolute atomic E-state index is 12.5. The molecule has 0 unspecified atom stereocenters. The molecule has 0 bridgehead atoms. The molecule has 0 aliphatic heterocycles. The van der Waals surface area contributed by atoms with Crippen LogP contribution in [0, 0.1) is 0 Å². The molecule has 3 rings (SSSR count). The Hall–Kier alpha value is -2.57. The number of carbonyl (C=O) groups is 1. The zero-order valence-electron chi connectivity index (χ0n) is 12.3. The fraction of sp³-hybridized carbons (Fsp3) is 0.125. The highest BCUT2D eigenvalue weighted by Crippen LogP contribution is 2.24. The Balaban J connectivity index is 1.93. The van der Waals surface area contributed by atoms with Crippen LogP contribution in [0.3, 0.4) is 0 Å². The molecular weight excluding hydrogens is 318 g/mol. The lowest BCUT2D eigenvalue weighted by Crippen LogP contribution is -2.15. The number of aromatic nitrogens is 2. The molecule has 118 valence electrons. The topological polar surface area (TPSA) is 75.9 Å². The predicted molar refractivity (Wildman–Crippen MR) is 87.1 cm³/mol. The highest BCUT2D eigenvalue weighted by Gasteiger charge is 2.18. The molecule has 2 N–H and O–H groups in total. The van der Waals surface area contributed by atoms with Crippen molar-refractivity contribution >= 4 is 28.8 Å². The van der Waals surface area contributed by atoms with Crippen LogP contribution < -0.4 is 10.1 Å². The molecule has 1 aromatic carbocycles. The quantitative estimate of drug-likeness (QED) is 0.770. The van der Waals surface area contributed by atoms with Gasteiger partial charge in [0.05, 0.1) is 13.7 Å². The molecule has 0 aliphatic carbocycles. The first kappa shape index (κ1) is 15.3. The van der Waals surface area contributed by atoms with E-state index in [0.717, 1.165) is 0 Å². The van der Waals surface area contributed by atoms with Gasteiger partial charge < -0.3 is 15.2 Å². The number of imidazole rings is 1. The van der Waals surface area contributed by atoms with Gasteiger partial charge in [0.2, 0.25) is 0 Å². The first-order valence-corrected chi connectivity index (χ1v) is 7.23. The smallest absolute Gasteiger partial charge is 0.275 e. The number of amides is 1. The number of nitrogens with one attached hydrogen (secondary N) is 1. The maximum Gasteiger partial charge on any atom is 0.275 e. The monoisotopic (exact) mass is 331 g/mol. The third-order valence-corrected chi connectivity index (χ3v) is 3.67. The summed E-state index contributed by atoms with van der Waals surface area (Å²) in [6, 6.07) is 10.4. The van der Waals surface area contributed by atoms with Gasteiger partial charge in [0.1, 0.15) is 11.4 Å². The molecule has 0 aliphatic rings. The predicted octanol–water partition coefficient (Wildman–Crippen LogP) is 2.74. The summed E-state index contributed by atoms with van der Waals surface area (Å²) in [5.74, 6) is 0.168. The van der Waals surface area contributed by atoms with Crippen LogP contribution >= 0.6 is 11.6 Å². The first-order chi connectivity index (χ1) is 11.1. The molecule has 0 spiro atoms. The Morgan fingerprint density at radius 1 is 1.39 bits per heavy atom. The Bertz CT molecular complexity index is 876. The van der Waals surface area contributed by atoms with E-state index in [9.17, 15) is 9.90 Å². The molecular formula is C16H14ClN3O3. The van der Waals surface area contributed by atoms with Crippen molar-refractivity contribution < 1.29 is 14.6 Å². The van der Waals surface area contributed by atoms with Gasteiger partial charge >= 0.3 is 0 Å². The number of ether oxygens (including phenoxy) is 1. The van der Waals surface area contributed by atoms with E-state index in [-0.39, 0.29) is 23.4 Å². The number of aliphatic hydroxyl groups excluding tert-OH is 1. The average Bonchev–Trinajstić information content (AvgIpc) is 2.90. The lowest BCUT2D eigenvalue weighted by molar-refractivity contribution is 0.102. The number of fused-ring (bicyclic) bond motifs is 1. The lowest BCUT2D eigenvalue weighted by Gasteiger charge is -2.10. The lowest BCUT2D eigenvalue weighted by atomic mass is 10.2. The summed E-state index contributed by atoms with van der Waals surface area (Å²) in [6.07, 6.45) is 1.72. The van der Waals surface area contributed by atoms with Crippen molar-refractivity contribution in [2.24, 2.45) is 0 Å². The van der Waals surface area contributed by atoms with Gasteiger partial charge in [-0.05, 0) is 30.3 Å². The van der Waals surface area contributed by atoms with Crippen molar-refractivity contribution in [2.75, 3.05) is 12.4 Å². The normalized spacial score (nSPS) is 10.7. The van der Waals surface area contributed by atoms with Crippen LogP contribution in [0.5, 0.6) is 5.75 Å². The molecule has 0 radical (unpaired) electrons. The number of aliphatic hydroxyl groups is 1. The SMILES string of the molecule is COc1ccc(NC(=O)c2c(Cl)nc3ccccn23)cc1CO. The Morgan fingerprint density at radius 3 is 2.96 bits per heavy atom. The van der Waals surface area contributed by atoms with E-state index in [0.29, 0.717) is 22.6 Å². The minimum absolute atomic E-state index is 0.129. The summed E-state index contributed by atoms with van der Waals surface area (Å²) in [5, 5.41) is 12.2. The number of hydrogen-bond donors (Lipinski definition) is 2. The number of hydrogen-bond acceptors (Lipinski definition) is 4. The van der Waals surface area contributed by atoms with E-state index < -0.39 is 0 Å². The van der Waals surface area contributed by atoms with Gasteiger partial charge in [0, 0.05) is 17.4 Å². The Labute approximate surface area is 137 Å². The van der Waals surface area contributed by atoms with E-state index >= 15 is 0 Å². The van der Waals surface area contributed by atoms with E-state index in [1.54, 1.807) is 40.9 Å². The second kappa shape index (κ2) is 6.28. The van der Waals surface area contributed by atoms with Crippen LogP contribution in [0.2, 0.25) is 5.15 Å².